The van der Waals surface area contributed by atoms with E-state index in [1.165, 1.54) is 37.3 Å². The SMILES string of the molecule is Cc1ccc(C(=NOCC(F)(F)F)C(F)(F)C(F)(F)C(F)(F)C(F)(F)C(F)(F)C(F)F)cc1-c1ccccc1. The number of hydrogen-bond acceptors (Lipinski definition) is 2. The summed E-state index contributed by atoms with van der Waals surface area (Å²) in [5.74, 6) is -37.4. The summed E-state index contributed by atoms with van der Waals surface area (Å²) in [4.78, 5) is 3.52. The van der Waals surface area contributed by atoms with E-state index in [0.29, 0.717) is 12.1 Å². The summed E-state index contributed by atoms with van der Waals surface area (Å²) in [6.45, 7) is -1.23. The zero-order chi connectivity index (χ0) is 30.2. The number of benzene rings is 2. The first-order valence-corrected chi connectivity index (χ1v) is 10.1. The summed E-state index contributed by atoms with van der Waals surface area (Å²) in [5.41, 5.74) is -3.95. The van der Waals surface area contributed by atoms with Crippen LogP contribution in [0.4, 0.5) is 65.9 Å². The second kappa shape index (κ2) is 10.4. The van der Waals surface area contributed by atoms with Gasteiger partial charge in [0, 0.05) is 5.56 Å². The molecular formula is C22H14F15NO. The first-order chi connectivity index (χ1) is 17.5. The van der Waals surface area contributed by atoms with Crippen LogP contribution >= 0.6 is 0 Å². The average Bonchev–Trinajstić information content (AvgIpc) is 2.81. The molecule has 0 aliphatic carbocycles. The molecule has 0 unspecified atom stereocenters. The lowest BCUT2D eigenvalue weighted by Crippen LogP contribution is -2.70. The van der Waals surface area contributed by atoms with Crippen LogP contribution in [0.25, 0.3) is 11.1 Å². The normalized spacial score (nSPS) is 14.6. The van der Waals surface area contributed by atoms with E-state index in [0.717, 1.165) is 6.07 Å². The van der Waals surface area contributed by atoms with Gasteiger partial charge in [-0.1, -0.05) is 47.6 Å². The lowest BCUT2D eigenvalue weighted by molar-refractivity contribution is -0.404. The Morgan fingerprint density at radius 2 is 1.28 bits per heavy atom. The van der Waals surface area contributed by atoms with Crippen molar-refractivity contribution in [1.82, 2.24) is 0 Å². The minimum absolute atomic E-state index is 0.114. The molecule has 2 nitrogen and oxygen atoms in total. The van der Waals surface area contributed by atoms with Crippen LogP contribution in [-0.4, -0.2) is 54.5 Å². The van der Waals surface area contributed by atoms with Crippen molar-refractivity contribution in [3.63, 3.8) is 0 Å². The molecule has 17 heteroatoms. The second-order valence-corrected chi connectivity index (χ2v) is 7.95. The van der Waals surface area contributed by atoms with Crippen molar-refractivity contribution in [3.8, 4) is 11.1 Å². The zero-order valence-electron chi connectivity index (χ0n) is 18.9. The molecule has 0 saturated carbocycles. The van der Waals surface area contributed by atoms with E-state index in [2.05, 4.69) is 9.99 Å². The van der Waals surface area contributed by atoms with Gasteiger partial charge in [-0.3, -0.25) is 0 Å². The summed E-state index contributed by atoms with van der Waals surface area (Å²) in [7, 11) is 0. The van der Waals surface area contributed by atoms with Crippen molar-refractivity contribution in [3.05, 3.63) is 59.7 Å². The highest BCUT2D eigenvalue weighted by Gasteiger charge is 2.88. The number of hydrogen-bond donors (Lipinski definition) is 0. The highest BCUT2D eigenvalue weighted by molar-refractivity contribution is 6.07. The summed E-state index contributed by atoms with van der Waals surface area (Å²) >= 11 is 0. The quantitative estimate of drug-likeness (QED) is 0.154. The molecule has 0 radical (unpaired) electrons. The molecule has 39 heavy (non-hydrogen) atoms. The Labute approximate surface area is 209 Å². The minimum atomic E-state index is -7.92. The maximum Gasteiger partial charge on any atom is 0.425 e. The Morgan fingerprint density at radius 1 is 0.744 bits per heavy atom. The van der Waals surface area contributed by atoms with E-state index in [1.54, 1.807) is 0 Å². The van der Waals surface area contributed by atoms with E-state index in [9.17, 15) is 65.9 Å². The minimum Gasteiger partial charge on any atom is -0.386 e. The van der Waals surface area contributed by atoms with Gasteiger partial charge in [-0.25, -0.2) is 8.78 Å². The van der Waals surface area contributed by atoms with E-state index in [-0.39, 0.29) is 16.7 Å². The topological polar surface area (TPSA) is 21.6 Å². The molecule has 0 heterocycles. The van der Waals surface area contributed by atoms with Crippen molar-refractivity contribution in [2.75, 3.05) is 6.61 Å². The molecule has 0 N–H and O–H groups in total. The van der Waals surface area contributed by atoms with Gasteiger partial charge in [0.1, 0.15) is 0 Å². The summed E-state index contributed by atoms with van der Waals surface area (Å²) in [5, 5.41) is 2.13. The fourth-order valence-electron chi connectivity index (χ4n) is 3.05. The maximum atomic E-state index is 14.9. The van der Waals surface area contributed by atoms with Gasteiger partial charge in [-0.05, 0) is 29.7 Å². The molecule has 0 amide bonds. The average molecular weight is 593 g/mol. The highest BCUT2D eigenvalue weighted by Crippen LogP contribution is 2.58. The number of aryl methyl sites for hydroxylation is 1. The Bertz CT molecular complexity index is 1170. The lowest BCUT2D eigenvalue weighted by Gasteiger charge is -2.39. The number of alkyl halides is 15. The van der Waals surface area contributed by atoms with E-state index >= 15 is 0 Å². The first-order valence-electron chi connectivity index (χ1n) is 10.1. The Hall–Kier alpha value is -3.14. The van der Waals surface area contributed by atoms with Crippen LogP contribution in [0.3, 0.4) is 0 Å². The predicted octanol–water partition coefficient (Wildman–Crippen LogP) is 8.39. The molecule has 0 atom stereocenters. The van der Waals surface area contributed by atoms with Crippen molar-refractivity contribution < 1.29 is 70.7 Å². The van der Waals surface area contributed by atoms with Gasteiger partial charge in [-0.2, -0.15) is 57.1 Å². The monoisotopic (exact) mass is 593 g/mol. The molecule has 0 aromatic heterocycles. The van der Waals surface area contributed by atoms with Gasteiger partial charge in [-0.15, -0.1) is 0 Å². The van der Waals surface area contributed by atoms with Crippen molar-refractivity contribution in [2.24, 2.45) is 5.16 Å². The molecule has 0 bridgehead atoms. The zero-order valence-corrected chi connectivity index (χ0v) is 18.9. The lowest BCUT2D eigenvalue weighted by atomic mass is 9.88. The van der Waals surface area contributed by atoms with E-state index in [1.807, 2.05) is 0 Å². The molecule has 2 aromatic carbocycles. The number of halogens is 15. The Kier molecular flexibility index (Phi) is 8.59. The van der Waals surface area contributed by atoms with Crippen LogP contribution in [0.2, 0.25) is 0 Å². The molecule has 2 aromatic rings. The summed E-state index contributed by atoms with van der Waals surface area (Å²) in [6, 6.07) is 8.78. The van der Waals surface area contributed by atoms with Crippen LogP contribution in [0.1, 0.15) is 11.1 Å². The van der Waals surface area contributed by atoms with Crippen LogP contribution < -0.4 is 0 Å². The third-order valence-electron chi connectivity index (χ3n) is 5.15. The molecule has 0 saturated heterocycles. The first kappa shape index (κ1) is 32.1. The number of oxime groups is 1. The molecule has 0 spiro atoms. The Morgan fingerprint density at radius 3 is 1.77 bits per heavy atom. The maximum absolute atomic E-state index is 14.9. The molecule has 218 valence electrons. The van der Waals surface area contributed by atoms with Crippen molar-refractivity contribution in [2.45, 2.75) is 49.1 Å². The van der Waals surface area contributed by atoms with Crippen LogP contribution in [0, 0.1) is 6.92 Å². The van der Waals surface area contributed by atoms with Gasteiger partial charge in [0.05, 0.1) is 0 Å². The molecular weight excluding hydrogens is 579 g/mol. The Balaban J connectivity index is 2.78. The molecule has 2 rings (SSSR count). The number of nitrogens with zero attached hydrogens (tertiary/aromatic N) is 1. The predicted molar refractivity (Wildman–Crippen MR) is 106 cm³/mol. The third-order valence-corrected chi connectivity index (χ3v) is 5.15. The second-order valence-electron chi connectivity index (χ2n) is 7.95. The van der Waals surface area contributed by atoms with E-state index < -0.39 is 60.1 Å². The molecule has 0 aliphatic rings. The van der Waals surface area contributed by atoms with Crippen molar-refractivity contribution >= 4 is 5.71 Å². The fourth-order valence-corrected chi connectivity index (χ4v) is 3.05. The van der Waals surface area contributed by atoms with Gasteiger partial charge >= 0.3 is 42.2 Å². The van der Waals surface area contributed by atoms with Gasteiger partial charge in [0.2, 0.25) is 6.61 Å². The standard InChI is InChI=1S/C22H14F15NO/c1-11-7-8-13(9-14(11)12-5-3-2-4-6-12)15(38-39-10-17(25,26)27)18(28,29)20(32,33)22(36,37)21(34,35)19(30,31)16(23)24/h2-9,16H,10H2,1H3. The molecule has 0 fully saturated rings. The van der Waals surface area contributed by atoms with Crippen LogP contribution in [0.5, 0.6) is 0 Å². The van der Waals surface area contributed by atoms with Crippen LogP contribution in [0.15, 0.2) is 53.7 Å². The van der Waals surface area contributed by atoms with Gasteiger partial charge in [0.25, 0.3) is 0 Å². The van der Waals surface area contributed by atoms with E-state index in [4.69, 9.17) is 0 Å². The van der Waals surface area contributed by atoms with Gasteiger partial charge < -0.3 is 4.84 Å². The summed E-state index contributed by atoms with van der Waals surface area (Å²) < 4.78 is 202. The third kappa shape index (κ3) is 5.76. The molecule has 0 aliphatic heterocycles. The van der Waals surface area contributed by atoms with Crippen LogP contribution in [-0.2, 0) is 4.84 Å². The van der Waals surface area contributed by atoms with Gasteiger partial charge in [0.15, 0.2) is 5.71 Å². The number of rotatable bonds is 10. The highest BCUT2D eigenvalue weighted by atomic mass is 19.4. The largest absolute Gasteiger partial charge is 0.425 e. The smallest absolute Gasteiger partial charge is 0.386 e. The fraction of sp³-hybridized carbons (Fsp3) is 0.409. The summed E-state index contributed by atoms with van der Waals surface area (Å²) in [6.07, 6.45) is -11.1. The van der Waals surface area contributed by atoms with Crippen molar-refractivity contribution in [1.29, 1.82) is 0 Å².